The first-order valence-corrected chi connectivity index (χ1v) is 8.50. The minimum atomic E-state index is -0.276. The molecule has 3 heterocycles. The van der Waals surface area contributed by atoms with E-state index in [0.717, 1.165) is 18.7 Å². The number of likely N-dealkylation sites (tertiary alicyclic amines) is 1. The van der Waals surface area contributed by atoms with E-state index < -0.39 is 0 Å². The van der Waals surface area contributed by atoms with Crippen molar-refractivity contribution in [2.24, 2.45) is 0 Å². The third-order valence-corrected chi connectivity index (χ3v) is 4.89. The largest absolute Gasteiger partial charge is 0.415 e. The van der Waals surface area contributed by atoms with Crippen LogP contribution in [-0.2, 0) is 0 Å². The number of rotatable bonds is 2. The summed E-state index contributed by atoms with van der Waals surface area (Å²) in [5.41, 5.74) is 0. The number of amides is 1. The summed E-state index contributed by atoms with van der Waals surface area (Å²) in [5, 5.41) is 0.635. The van der Waals surface area contributed by atoms with Gasteiger partial charge in [-0.2, -0.15) is 0 Å². The molecule has 0 aliphatic carbocycles. The number of aromatic nitrogens is 1. The van der Waals surface area contributed by atoms with Crippen molar-refractivity contribution in [2.75, 3.05) is 18.0 Å². The molecular formula is C18H18ClN3O2. The van der Waals surface area contributed by atoms with Crippen molar-refractivity contribution in [1.29, 1.82) is 0 Å². The van der Waals surface area contributed by atoms with E-state index in [1.165, 1.54) is 0 Å². The second-order valence-electron chi connectivity index (χ2n) is 6.21. The average Bonchev–Trinajstić information content (AvgIpc) is 2.86. The van der Waals surface area contributed by atoms with Gasteiger partial charge in [-0.05, 0) is 37.1 Å². The van der Waals surface area contributed by atoms with Crippen molar-refractivity contribution in [1.82, 2.24) is 9.88 Å². The first kappa shape index (κ1) is 15.3. The SMILES string of the molecule is O=C(Oc1ccccc1)N1C[C@H]2CC[C@@H](C1)N2c1ccc(Cl)cn1. The number of hydrogen-bond acceptors (Lipinski definition) is 4. The molecular weight excluding hydrogens is 326 g/mol. The number of hydrogen-bond donors (Lipinski definition) is 0. The molecule has 1 aromatic heterocycles. The molecule has 4 rings (SSSR count). The van der Waals surface area contributed by atoms with Crippen molar-refractivity contribution in [3.63, 3.8) is 0 Å². The molecule has 124 valence electrons. The number of halogens is 1. The first-order chi connectivity index (χ1) is 11.7. The molecule has 2 aromatic rings. The van der Waals surface area contributed by atoms with E-state index in [-0.39, 0.29) is 18.2 Å². The fourth-order valence-corrected chi connectivity index (χ4v) is 3.71. The average molecular weight is 344 g/mol. The van der Waals surface area contributed by atoms with Crippen LogP contribution in [-0.4, -0.2) is 41.2 Å². The van der Waals surface area contributed by atoms with Gasteiger partial charge in [0.15, 0.2) is 0 Å². The number of pyridine rings is 1. The molecule has 1 amide bonds. The number of piperazine rings is 1. The second-order valence-corrected chi connectivity index (χ2v) is 6.65. The standard InChI is InChI=1S/C18H18ClN3O2/c19-13-6-9-17(20-10-13)22-14-7-8-15(22)12-21(11-14)18(23)24-16-4-2-1-3-5-16/h1-6,9-10,14-15H,7-8,11-12H2/t14-,15+. The minimum absolute atomic E-state index is 0.276. The zero-order chi connectivity index (χ0) is 16.5. The van der Waals surface area contributed by atoms with Gasteiger partial charge in [-0.1, -0.05) is 29.8 Å². The van der Waals surface area contributed by atoms with Crippen molar-refractivity contribution in [3.05, 3.63) is 53.7 Å². The molecule has 24 heavy (non-hydrogen) atoms. The molecule has 2 saturated heterocycles. The molecule has 2 aliphatic heterocycles. The predicted molar refractivity (Wildman–Crippen MR) is 92.6 cm³/mol. The van der Waals surface area contributed by atoms with Crippen LogP contribution in [0.3, 0.4) is 0 Å². The minimum Gasteiger partial charge on any atom is -0.410 e. The Bertz CT molecular complexity index is 709. The number of nitrogens with zero attached hydrogens (tertiary/aromatic N) is 3. The summed E-state index contributed by atoms with van der Waals surface area (Å²) in [6.45, 7) is 1.32. The summed E-state index contributed by atoms with van der Waals surface area (Å²) < 4.78 is 5.47. The first-order valence-electron chi connectivity index (χ1n) is 8.12. The highest BCUT2D eigenvalue weighted by Crippen LogP contribution is 2.34. The van der Waals surface area contributed by atoms with Gasteiger partial charge in [-0.3, -0.25) is 0 Å². The molecule has 2 aliphatic rings. The summed E-state index contributed by atoms with van der Waals surface area (Å²) >= 11 is 5.93. The van der Waals surface area contributed by atoms with Crippen molar-refractivity contribution in [2.45, 2.75) is 24.9 Å². The maximum atomic E-state index is 12.4. The molecule has 0 N–H and O–H groups in total. The van der Waals surface area contributed by atoms with Crippen LogP contribution >= 0.6 is 11.6 Å². The van der Waals surface area contributed by atoms with Gasteiger partial charge in [0.05, 0.1) is 5.02 Å². The Labute approximate surface area is 145 Å². The Morgan fingerprint density at radius 1 is 1.08 bits per heavy atom. The van der Waals surface area contributed by atoms with Gasteiger partial charge >= 0.3 is 6.09 Å². The molecule has 0 spiro atoms. The zero-order valence-corrected chi connectivity index (χ0v) is 13.9. The summed E-state index contributed by atoms with van der Waals surface area (Å²) in [4.78, 5) is 21.0. The summed E-state index contributed by atoms with van der Waals surface area (Å²) in [5.74, 6) is 1.51. The Kier molecular flexibility index (Phi) is 4.02. The maximum Gasteiger partial charge on any atom is 0.415 e. The van der Waals surface area contributed by atoms with Crippen LogP contribution in [0.2, 0.25) is 5.02 Å². The lowest BCUT2D eigenvalue weighted by Crippen LogP contribution is -2.56. The van der Waals surface area contributed by atoms with Crippen LogP contribution in [0.4, 0.5) is 10.6 Å². The molecule has 2 bridgehead atoms. The van der Waals surface area contributed by atoms with Crippen LogP contribution in [0.25, 0.3) is 0 Å². The highest BCUT2D eigenvalue weighted by molar-refractivity contribution is 6.30. The van der Waals surface area contributed by atoms with Crippen LogP contribution in [0.15, 0.2) is 48.7 Å². The van der Waals surface area contributed by atoms with Gasteiger partial charge in [-0.25, -0.2) is 9.78 Å². The van der Waals surface area contributed by atoms with Gasteiger partial charge in [0.1, 0.15) is 11.6 Å². The number of carbonyl (C=O) groups excluding carboxylic acids is 1. The highest BCUT2D eigenvalue weighted by atomic mass is 35.5. The maximum absolute atomic E-state index is 12.4. The Hall–Kier alpha value is -2.27. The molecule has 6 heteroatoms. The lowest BCUT2D eigenvalue weighted by Gasteiger charge is -2.41. The van der Waals surface area contributed by atoms with Crippen LogP contribution in [0, 0.1) is 0 Å². The summed E-state index contributed by atoms with van der Waals surface area (Å²) in [6, 6.07) is 13.6. The van der Waals surface area contributed by atoms with Gasteiger partial charge in [0.2, 0.25) is 0 Å². The number of benzene rings is 1. The third-order valence-electron chi connectivity index (χ3n) is 4.67. The number of para-hydroxylation sites is 1. The van der Waals surface area contributed by atoms with Crippen molar-refractivity contribution >= 4 is 23.5 Å². The molecule has 2 atom stereocenters. The summed E-state index contributed by atoms with van der Waals surface area (Å²) in [6.07, 6.45) is 3.52. The number of ether oxygens (including phenoxy) is 1. The van der Waals surface area contributed by atoms with Crippen LogP contribution in [0.1, 0.15) is 12.8 Å². The molecule has 0 radical (unpaired) electrons. The Morgan fingerprint density at radius 3 is 2.42 bits per heavy atom. The normalized spacial score (nSPS) is 22.5. The van der Waals surface area contributed by atoms with Crippen molar-refractivity contribution < 1.29 is 9.53 Å². The molecule has 0 saturated carbocycles. The van der Waals surface area contributed by atoms with E-state index in [9.17, 15) is 4.79 Å². The van der Waals surface area contributed by atoms with E-state index >= 15 is 0 Å². The lowest BCUT2D eigenvalue weighted by molar-refractivity contribution is 0.140. The van der Waals surface area contributed by atoms with Crippen LogP contribution in [0.5, 0.6) is 5.75 Å². The third kappa shape index (κ3) is 2.91. The van der Waals surface area contributed by atoms with E-state index in [4.69, 9.17) is 16.3 Å². The number of anilines is 1. The summed E-state index contributed by atoms with van der Waals surface area (Å²) in [7, 11) is 0. The molecule has 1 aromatic carbocycles. The monoisotopic (exact) mass is 343 g/mol. The second kappa shape index (κ2) is 6.32. The fraction of sp³-hybridized carbons (Fsp3) is 0.333. The van der Waals surface area contributed by atoms with E-state index in [2.05, 4.69) is 9.88 Å². The van der Waals surface area contributed by atoms with Crippen LogP contribution < -0.4 is 9.64 Å². The lowest BCUT2D eigenvalue weighted by atomic mass is 10.2. The van der Waals surface area contributed by atoms with Crippen molar-refractivity contribution in [3.8, 4) is 5.75 Å². The fourth-order valence-electron chi connectivity index (χ4n) is 3.60. The Morgan fingerprint density at radius 2 is 1.79 bits per heavy atom. The smallest absolute Gasteiger partial charge is 0.410 e. The van der Waals surface area contributed by atoms with Gasteiger partial charge in [0.25, 0.3) is 0 Å². The number of fused-ring (bicyclic) bond motifs is 2. The van der Waals surface area contributed by atoms with E-state index in [0.29, 0.717) is 23.9 Å². The van der Waals surface area contributed by atoms with Gasteiger partial charge in [0, 0.05) is 31.4 Å². The van der Waals surface area contributed by atoms with Gasteiger partial charge < -0.3 is 14.5 Å². The van der Waals surface area contributed by atoms with E-state index in [1.54, 1.807) is 18.3 Å². The molecule has 0 unspecified atom stereocenters. The molecule has 2 fully saturated rings. The zero-order valence-electron chi connectivity index (χ0n) is 13.1. The predicted octanol–water partition coefficient (Wildman–Crippen LogP) is 3.59. The highest BCUT2D eigenvalue weighted by Gasteiger charge is 2.42. The quantitative estimate of drug-likeness (QED) is 0.836. The number of carbonyl (C=O) groups is 1. The van der Waals surface area contributed by atoms with E-state index in [1.807, 2.05) is 35.2 Å². The van der Waals surface area contributed by atoms with Gasteiger partial charge in [-0.15, -0.1) is 0 Å². The molecule has 5 nitrogen and oxygen atoms in total. The Balaban J connectivity index is 1.46. The topological polar surface area (TPSA) is 45.7 Å².